The van der Waals surface area contributed by atoms with Gasteiger partial charge in [0, 0.05) is 20.6 Å². The molecule has 0 bridgehead atoms. The highest BCUT2D eigenvalue weighted by Crippen LogP contribution is 2.33. The van der Waals surface area contributed by atoms with Crippen LogP contribution in [0.15, 0.2) is 40.6 Å². The van der Waals surface area contributed by atoms with Gasteiger partial charge in [-0.3, -0.25) is 5.43 Å². The van der Waals surface area contributed by atoms with Crippen LogP contribution in [-0.2, 0) is 11.4 Å². The third kappa shape index (κ3) is 5.94. The zero-order chi connectivity index (χ0) is 18.4. The Hall–Kier alpha value is -1.17. The van der Waals surface area contributed by atoms with Crippen molar-refractivity contribution in [2.24, 2.45) is 10.3 Å². The number of benzene rings is 2. The molecule has 0 radical (unpaired) electrons. The van der Waals surface area contributed by atoms with Crippen LogP contribution >= 0.6 is 58.0 Å². The summed E-state index contributed by atoms with van der Waals surface area (Å²) in [6, 6.07) is 8.34. The number of nitrogens with one attached hydrogen (secondary N) is 1. The number of nitrogens with zero attached hydrogens (tertiary/aromatic N) is 2. The second-order valence-corrected chi connectivity index (χ2v) is 6.88. The molecule has 1 N–H and O–H groups in total. The van der Waals surface area contributed by atoms with Crippen molar-refractivity contribution in [3.63, 3.8) is 0 Å². The van der Waals surface area contributed by atoms with Crippen LogP contribution in [0, 0.1) is 0 Å². The first-order valence-corrected chi connectivity index (χ1v) is 8.80. The van der Waals surface area contributed by atoms with E-state index in [0.29, 0.717) is 42.1 Å². The highest BCUT2D eigenvalue weighted by Gasteiger charge is 2.07. The molecule has 2 aromatic rings. The third-order valence-electron chi connectivity index (χ3n) is 2.94. The molecular formula is C16H12Cl5N3O. The van der Waals surface area contributed by atoms with Gasteiger partial charge in [-0.1, -0.05) is 69.2 Å². The van der Waals surface area contributed by atoms with E-state index in [1.165, 1.54) is 6.21 Å². The van der Waals surface area contributed by atoms with Crippen LogP contribution in [0.1, 0.15) is 12.5 Å². The predicted octanol–water partition coefficient (Wildman–Crippen LogP) is 6.94. The number of halogens is 5. The molecule has 25 heavy (non-hydrogen) atoms. The van der Waals surface area contributed by atoms with Gasteiger partial charge in [-0.05, 0) is 31.2 Å². The molecule has 2 rings (SSSR count). The van der Waals surface area contributed by atoms with Gasteiger partial charge in [0.15, 0.2) is 0 Å². The first kappa shape index (κ1) is 20.1. The van der Waals surface area contributed by atoms with Crippen molar-refractivity contribution < 1.29 is 4.84 Å². The Morgan fingerprint density at radius 1 is 1.04 bits per heavy atom. The molecule has 0 heterocycles. The van der Waals surface area contributed by atoms with Crippen molar-refractivity contribution in [2.45, 2.75) is 13.5 Å². The Morgan fingerprint density at radius 2 is 1.64 bits per heavy atom. The summed E-state index contributed by atoms with van der Waals surface area (Å²) in [7, 11) is 0. The molecule has 0 unspecified atom stereocenters. The minimum atomic E-state index is 0.143. The lowest BCUT2D eigenvalue weighted by Gasteiger charge is -2.07. The van der Waals surface area contributed by atoms with Crippen LogP contribution in [0.3, 0.4) is 0 Å². The SMILES string of the molecule is CC(C=NOCc1c(Cl)cccc1Cl)=NNc1c(Cl)cc(Cl)cc1Cl. The van der Waals surface area contributed by atoms with Crippen LogP contribution in [0.25, 0.3) is 0 Å². The molecule has 0 atom stereocenters. The monoisotopic (exact) mass is 437 g/mol. The van der Waals surface area contributed by atoms with Gasteiger partial charge in [-0.15, -0.1) is 0 Å². The van der Waals surface area contributed by atoms with Crippen LogP contribution in [-0.4, -0.2) is 11.9 Å². The van der Waals surface area contributed by atoms with Crippen LogP contribution in [0.2, 0.25) is 25.1 Å². The van der Waals surface area contributed by atoms with Gasteiger partial charge in [0.05, 0.1) is 27.7 Å². The Balaban J connectivity index is 1.94. The molecule has 9 heteroatoms. The fourth-order valence-corrected chi connectivity index (χ4v) is 3.12. The fourth-order valence-electron chi connectivity index (χ4n) is 1.71. The summed E-state index contributed by atoms with van der Waals surface area (Å²) >= 11 is 30.1. The van der Waals surface area contributed by atoms with Crippen molar-refractivity contribution in [1.29, 1.82) is 0 Å². The molecule has 0 aromatic heterocycles. The van der Waals surface area contributed by atoms with Crippen molar-refractivity contribution in [2.75, 3.05) is 5.43 Å². The minimum Gasteiger partial charge on any atom is -0.391 e. The maximum Gasteiger partial charge on any atom is 0.145 e. The van der Waals surface area contributed by atoms with Gasteiger partial charge in [-0.25, -0.2) is 0 Å². The van der Waals surface area contributed by atoms with E-state index >= 15 is 0 Å². The zero-order valence-electron chi connectivity index (χ0n) is 12.9. The van der Waals surface area contributed by atoms with Gasteiger partial charge >= 0.3 is 0 Å². The average molecular weight is 440 g/mol. The van der Waals surface area contributed by atoms with Crippen LogP contribution < -0.4 is 5.43 Å². The van der Waals surface area contributed by atoms with Crippen molar-refractivity contribution in [1.82, 2.24) is 0 Å². The molecule has 0 aliphatic carbocycles. The summed E-state index contributed by atoms with van der Waals surface area (Å²) in [5, 5.41) is 10.1. The number of anilines is 1. The molecule has 0 spiro atoms. The molecule has 0 amide bonds. The highest BCUT2D eigenvalue weighted by molar-refractivity contribution is 6.41. The van der Waals surface area contributed by atoms with E-state index in [1.54, 1.807) is 37.3 Å². The summed E-state index contributed by atoms with van der Waals surface area (Å²) < 4.78 is 0. The molecule has 0 saturated carbocycles. The second kappa shape index (κ2) is 9.51. The maximum atomic E-state index is 6.06. The molecule has 0 saturated heterocycles. The maximum absolute atomic E-state index is 6.06. The fraction of sp³-hybridized carbons (Fsp3) is 0.125. The Bertz CT molecular complexity index is 780. The van der Waals surface area contributed by atoms with Gasteiger partial charge in [0.1, 0.15) is 6.61 Å². The third-order valence-corrected chi connectivity index (χ3v) is 4.46. The summed E-state index contributed by atoms with van der Waals surface area (Å²) in [5.74, 6) is 0. The molecule has 4 nitrogen and oxygen atoms in total. The Morgan fingerprint density at radius 3 is 2.24 bits per heavy atom. The average Bonchev–Trinajstić information content (AvgIpc) is 2.52. The van der Waals surface area contributed by atoms with Gasteiger partial charge < -0.3 is 4.84 Å². The van der Waals surface area contributed by atoms with Crippen LogP contribution in [0.5, 0.6) is 0 Å². The van der Waals surface area contributed by atoms with Gasteiger partial charge in [-0.2, -0.15) is 5.10 Å². The number of rotatable bonds is 6. The van der Waals surface area contributed by atoms with Crippen molar-refractivity contribution >= 4 is 75.6 Å². The molecule has 0 fully saturated rings. The van der Waals surface area contributed by atoms with Crippen molar-refractivity contribution in [3.8, 4) is 0 Å². The van der Waals surface area contributed by atoms with Crippen LogP contribution in [0.4, 0.5) is 5.69 Å². The number of oxime groups is 1. The lowest BCUT2D eigenvalue weighted by molar-refractivity contribution is 0.132. The molecule has 132 valence electrons. The Kier molecular flexibility index (Phi) is 7.66. The smallest absolute Gasteiger partial charge is 0.145 e. The molecule has 0 aliphatic rings. The summed E-state index contributed by atoms with van der Waals surface area (Å²) in [6.45, 7) is 1.87. The molecular weight excluding hydrogens is 427 g/mol. The lowest BCUT2D eigenvalue weighted by Crippen LogP contribution is -2.00. The second-order valence-electron chi connectivity index (χ2n) is 4.82. The zero-order valence-corrected chi connectivity index (χ0v) is 16.6. The molecule has 0 aliphatic heterocycles. The summed E-state index contributed by atoms with van der Waals surface area (Å²) in [6.07, 6.45) is 1.43. The molecule has 2 aromatic carbocycles. The predicted molar refractivity (Wildman–Crippen MR) is 108 cm³/mol. The number of hydrazone groups is 1. The van der Waals surface area contributed by atoms with E-state index < -0.39 is 0 Å². The topological polar surface area (TPSA) is 46.0 Å². The number of hydrogen-bond acceptors (Lipinski definition) is 4. The quantitative estimate of drug-likeness (QED) is 0.391. The first-order chi connectivity index (χ1) is 11.9. The normalized spacial score (nSPS) is 11.8. The largest absolute Gasteiger partial charge is 0.391 e. The first-order valence-electron chi connectivity index (χ1n) is 6.91. The van der Waals surface area contributed by atoms with E-state index in [1.807, 2.05) is 0 Å². The van der Waals surface area contributed by atoms with E-state index in [2.05, 4.69) is 15.7 Å². The highest BCUT2D eigenvalue weighted by atomic mass is 35.5. The van der Waals surface area contributed by atoms with Gasteiger partial charge in [0.25, 0.3) is 0 Å². The lowest BCUT2D eigenvalue weighted by atomic mass is 10.2. The van der Waals surface area contributed by atoms with Crippen molar-refractivity contribution in [3.05, 3.63) is 61.0 Å². The van der Waals surface area contributed by atoms with E-state index in [9.17, 15) is 0 Å². The minimum absolute atomic E-state index is 0.143. The Labute approximate surface area is 170 Å². The number of hydrogen-bond donors (Lipinski definition) is 1. The summed E-state index contributed by atoms with van der Waals surface area (Å²) in [4.78, 5) is 5.19. The summed E-state index contributed by atoms with van der Waals surface area (Å²) in [5.41, 5.74) is 4.41. The van der Waals surface area contributed by atoms with E-state index in [0.717, 1.165) is 0 Å². The standard InChI is InChI=1S/C16H12Cl5N3O/c1-9(23-24-16-14(20)5-10(17)6-15(16)21)7-22-25-8-11-12(18)3-2-4-13(11)19/h2-7,24H,8H2,1H3. The van der Waals surface area contributed by atoms with Gasteiger partial charge in [0.2, 0.25) is 0 Å². The van der Waals surface area contributed by atoms with E-state index in [-0.39, 0.29) is 6.61 Å². The van der Waals surface area contributed by atoms with E-state index in [4.69, 9.17) is 62.8 Å².